The molecule has 0 saturated carbocycles. The molecule has 1 aromatic heterocycles. The van der Waals surface area contributed by atoms with E-state index in [1.54, 1.807) is 11.6 Å². The predicted molar refractivity (Wildman–Crippen MR) is 125 cm³/mol. The molecule has 6 N–H and O–H groups in total. The fourth-order valence-electron chi connectivity index (χ4n) is 3.47. The number of rotatable bonds is 8. The summed E-state index contributed by atoms with van der Waals surface area (Å²) in [5, 5.41) is 18.4. The maximum Gasteiger partial charge on any atom is 0.341 e. The second-order valence-corrected chi connectivity index (χ2v) is 7.11. The Morgan fingerprint density at radius 2 is 2.09 bits per heavy atom. The van der Waals surface area contributed by atoms with Gasteiger partial charge in [-0.15, -0.1) is 0 Å². The van der Waals surface area contributed by atoms with E-state index < -0.39 is 28.5 Å². The molecule has 9 nitrogen and oxygen atoms in total. The SMILES string of the molecule is C/C=C\C=C(/NC)NCCNc1c(F)c(N)c2c(=O)c(C(=O)O)cn3c2c1OCC3C.CF. The van der Waals surface area contributed by atoms with Crippen LogP contribution in [-0.2, 0) is 0 Å². The van der Waals surface area contributed by atoms with Gasteiger partial charge in [0.25, 0.3) is 0 Å². The van der Waals surface area contributed by atoms with Gasteiger partial charge in [-0.2, -0.15) is 0 Å². The number of allylic oxidation sites excluding steroid dienone is 3. The number of nitrogens with zero attached hydrogens (tertiary/aromatic N) is 1. The molecular formula is C22H29F2N5O4. The van der Waals surface area contributed by atoms with Gasteiger partial charge in [0.15, 0.2) is 11.6 Å². The molecule has 2 heterocycles. The van der Waals surface area contributed by atoms with E-state index in [2.05, 4.69) is 16.0 Å². The smallest absolute Gasteiger partial charge is 0.341 e. The van der Waals surface area contributed by atoms with Crippen LogP contribution >= 0.6 is 0 Å². The first-order chi connectivity index (χ1) is 15.8. The van der Waals surface area contributed by atoms with Gasteiger partial charge in [-0.1, -0.05) is 12.2 Å². The number of carboxylic acids is 1. The number of nitrogens with one attached hydrogen (secondary N) is 3. The van der Waals surface area contributed by atoms with E-state index in [1.165, 1.54) is 6.20 Å². The van der Waals surface area contributed by atoms with Crippen LogP contribution in [0.25, 0.3) is 10.9 Å². The van der Waals surface area contributed by atoms with E-state index in [9.17, 15) is 19.1 Å². The summed E-state index contributed by atoms with van der Waals surface area (Å²) in [7, 11) is 2.28. The lowest BCUT2D eigenvalue weighted by Crippen LogP contribution is -2.30. The number of hydrogen-bond donors (Lipinski definition) is 5. The molecule has 0 aliphatic carbocycles. The number of carboxylic acid groups (broad SMARTS) is 1. The largest absolute Gasteiger partial charge is 0.487 e. The van der Waals surface area contributed by atoms with Crippen molar-refractivity contribution < 1.29 is 23.4 Å². The highest BCUT2D eigenvalue weighted by Gasteiger charge is 2.30. The van der Waals surface area contributed by atoms with Crippen molar-refractivity contribution in [3.05, 3.63) is 51.8 Å². The summed E-state index contributed by atoms with van der Waals surface area (Å²) in [4.78, 5) is 24.2. The number of aromatic carboxylic acids is 1. The first-order valence-electron chi connectivity index (χ1n) is 10.2. The molecule has 1 aromatic carbocycles. The Hall–Kier alpha value is -3.76. The van der Waals surface area contributed by atoms with Crippen LogP contribution in [0.5, 0.6) is 5.75 Å². The number of hydrogen-bond acceptors (Lipinski definition) is 7. The zero-order chi connectivity index (χ0) is 24.7. The number of anilines is 2. The lowest BCUT2D eigenvalue weighted by molar-refractivity contribution is 0.0694. The van der Waals surface area contributed by atoms with Crippen LogP contribution in [0.15, 0.2) is 35.0 Å². The van der Waals surface area contributed by atoms with Gasteiger partial charge in [-0.05, 0) is 19.9 Å². The Morgan fingerprint density at radius 1 is 1.39 bits per heavy atom. The summed E-state index contributed by atoms with van der Waals surface area (Å²) in [5.74, 6) is -1.30. The van der Waals surface area contributed by atoms with Crippen molar-refractivity contribution in [3.8, 4) is 5.75 Å². The van der Waals surface area contributed by atoms with E-state index in [0.29, 0.717) is 20.3 Å². The van der Waals surface area contributed by atoms with Gasteiger partial charge >= 0.3 is 5.97 Å². The minimum atomic E-state index is -1.39. The van der Waals surface area contributed by atoms with Gasteiger partial charge in [0.1, 0.15) is 17.9 Å². The fourth-order valence-corrected chi connectivity index (χ4v) is 3.47. The summed E-state index contributed by atoms with van der Waals surface area (Å²) in [6.07, 6.45) is 6.89. The number of ether oxygens (including phenoxy) is 1. The highest BCUT2D eigenvalue weighted by Crippen LogP contribution is 2.42. The third-order valence-electron chi connectivity index (χ3n) is 5.04. The topological polar surface area (TPSA) is 131 Å². The second-order valence-electron chi connectivity index (χ2n) is 7.11. The minimum Gasteiger partial charge on any atom is -0.487 e. The van der Waals surface area contributed by atoms with E-state index in [0.717, 1.165) is 5.82 Å². The highest BCUT2D eigenvalue weighted by molar-refractivity contribution is 6.03. The minimum absolute atomic E-state index is 0.0402. The van der Waals surface area contributed by atoms with Crippen molar-refractivity contribution in [3.63, 3.8) is 0 Å². The van der Waals surface area contributed by atoms with Crippen molar-refractivity contribution in [2.24, 2.45) is 0 Å². The molecule has 0 amide bonds. The number of nitrogens with two attached hydrogens (primary N) is 1. The van der Waals surface area contributed by atoms with Gasteiger partial charge in [-0.3, -0.25) is 9.18 Å². The van der Waals surface area contributed by atoms with Crippen LogP contribution in [-0.4, -0.2) is 49.6 Å². The molecule has 0 saturated heterocycles. The fraction of sp³-hybridized carbons (Fsp3) is 0.364. The van der Waals surface area contributed by atoms with Gasteiger partial charge in [0, 0.05) is 26.3 Å². The van der Waals surface area contributed by atoms with Crippen molar-refractivity contribution in [1.29, 1.82) is 0 Å². The quantitative estimate of drug-likeness (QED) is 0.228. The number of benzene rings is 1. The monoisotopic (exact) mass is 465 g/mol. The second kappa shape index (κ2) is 11.2. The maximum absolute atomic E-state index is 15.1. The Bertz CT molecular complexity index is 1140. The molecule has 1 unspecified atom stereocenters. The van der Waals surface area contributed by atoms with E-state index in [-0.39, 0.29) is 35.0 Å². The lowest BCUT2D eigenvalue weighted by Gasteiger charge is -2.29. The van der Waals surface area contributed by atoms with Crippen LogP contribution in [0.4, 0.5) is 20.2 Å². The third kappa shape index (κ3) is 5.02. The van der Waals surface area contributed by atoms with Crippen molar-refractivity contribution >= 4 is 28.2 Å². The molecule has 180 valence electrons. The van der Waals surface area contributed by atoms with Crippen LogP contribution < -0.4 is 31.8 Å². The number of halogens is 2. The number of aromatic nitrogens is 1. The molecule has 0 fully saturated rings. The molecule has 1 aliphatic rings. The molecule has 1 aliphatic heterocycles. The van der Waals surface area contributed by atoms with Crippen molar-refractivity contribution in [2.45, 2.75) is 19.9 Å². The molecule has 0 radical (unpaired) electrons. The van der Waals surface area contributed by atoms with Crippen LogP contribution in [0.2, 0.25) is 0 Å². The average Bonchev–Trinajstić information content (AvgIpc) is 2.81. The Labute approximate surface area is 189 Å². The zero-order valence-electron chi connectivity index (χ0n) is 19.0. The van der Waals surface area contributed by atoms with Gasteiger partial charge in [0.05, 0.1) is 35.6 Å². The first-order valence-corrected chi connectivity index (χ1v) is 10.2. The van der Waals surface area contributed by atoms with Crippen LogP contribution in [0.1, 0.15) is 30.2 Å². The first kappa shape index (κ1) is 25.5. The predicted octanol–water partition coefficient (Wildman–Crippen LogP) is 2.60. The van der Waals surface area contributed by atoms with Gasteiger partial charge < -0.3 is 36.1 Å². The summed E-state index contributed by atoms with van der Waals surface area (Å²) >= 11 is 0. The van der Waals surface area contributed by atoms with E-state index in [1.807, 2.05) is 32.1 Å². The van der Waals surface area contributed by atoms with Crippen molar-refractivity contribution in [2.75, 3.05) is 45.0 Å². The Morgan fingerprint density at radius 3 is 2.70 bits per heavy atom. The number of nitrogen functional groups attached to an aromatic ring is 1. The van der Waals surface area contributed by atoms with Gasteiger partial charge in [0.2, 0.25) is 5.43 Å². The molecule has 0 bridgehead atoms. The number of pyridine rings is 1. The lowest BCUT2D eigenvalue weighted by atomic mass is 10.0. The molecule has 11 heteroatoms. The molecule has 33 heavy (non-hydrogen) atoms. The summed E-state index contributed by atoms with van der Waals surface area (Å²) in [6, 6.07) is -0.261. The molecular weight excluding hydrogens is 436 g/mol. The molecule has 2 aromatic rings. The van der Waals surface area contributed by atoms with E-state index in [4.69, 9.17) is 10.5 Å². The highest BCUT2D eigenvalue weighted by atomic mass is 19.1. The summed E-state index contributed by atoms with van der Waals surface area (Å²) in [5.41, 5.74) is 4.58. The number of carbonyl (C=O) groups is 1. The number of alkyl halides is 1. The van der Waals surface area contributed by atoms with E-state index >= 15 is 4.39 Å². The van der Waals surface area contributed by atoms with Crippen molar-refractivity contribution in [1.82, 2.24) is 15.2 Å². The Kier molecular flexibility index (Phi) is 8.66. The standard InChI is InChI=1S/C21H26FN5O4.CH3F/c1-4-5-6-13(24-3)25-7-8-26-17-15(22)16(23)14-18-20(17)31-10-11(2)27(18)9-12(19(14)28)21(29)30;1-2/h4-6,9,11,24-26H,7-8,10,23H2,1-3H3,(H,29,30);1H3/b5-4-,13-6+;. The molecule has 1 atom stereocenters. The Balaban J connectivity index is 0.00000187. The molecule has 3 rings (SSSR count). The average molecular weight is 466 g/mol. The third-order valence-corrected chi connectivity index (χ3v) is 5.04. The van der Waals surface area contributed by atoms with Gasteiger partial charge in [-0.25, -0.2) is 9.18 Å². The normalized spacial score (nSPS) is 15.0. The summed E-state index contributed by atoms with van der Waals surface area (Å²) < 4.78 is 32.0. The van der Waals surface area contributed by atoms with Crippen LogP contribution in [0.3, 0.4) is 0 Å². The molecule has 0 spiro atoms. The maximum atomic E-state index is 15.1. The summed E-state index contributed by atoms with van der Waals surface area (Å²) in [6.45, 7) is 4.70. The zero-order valence-corrected chi connectivity index (χ0v) is 19.0. The van der Waals surface area contributed by atoms with Crippen LogP contribution in [0, 0.1) is 5.82 Å².